The third-order valence-corrected chi connectivity index (χ3v) is 4.87. The highest BCUT2D eigenvalue weighted by Gasteiger charge is 2.34. The van der Waals surface area contributed by atoms with Gasteiger partial charge in [0.25, 0.3) is 5.91 Å². The van der Waals surface area contributed by atoms with E-state index < -0.39 is 0 Å². The number of carbonyl (C=O) groups is 1. The lowest BCUT2D eigenvalue weighted by atomic mass is 9.84. The molecule has 0 bridgehead atoms. The average Bonchev–Trinajstić information content (AvgIpc) is 3.15. The van der Waals surface area contributed by atoms with E-state index >= 15 is 0 Å². The molecular formula is C20H33IN4O3. The molecule has 7 nitrogen and oxygen atoms in total. The van der Waals surface area contributed by atoms with Crippen LogP contribution in [0.3, 0.4) is 0 Å². The molecule has 1 saturated heterocycles. The maximum Gasteiger partial charge on any atom is 0.251 e. The number of rotatable bonds is 9. The van der Waals surface area contributed by atoms with Gasteiger partial charge in [0.2, 0.25) is 0 Å². The molecule has 0 aliphatic carbocycles. The van der Waals surface area contributed by atoms with E-state index in [1.807, 2.05) is 31.2 Å². The minimum atomic E-state index is -0.0762. The van der Waals surface area contributed by atoms with Gasteiger partial charge in [-0.15, -0.1) is 24.0 Å². The van der Waals surface area contributed by atoms with Gasteiger partial charge in [-0.2, -0.15) is 0 Å². The molecule has 1 fully saturated rings. The van der Waals surface area contributed by atoms with E-state index in [0.717, 1.165) is 37.5 Å². The van der Waals surface area contributed by atoms with Gasteiger partial charge in [-0.3, -0.25) is 9.79 Å². The van der Waals surface area contributed by atoms with Crippen molar-refractivity contribution in [3.8, 4) is 0 Å². The summed E-state index contributed by atoms with van der Waals surface area (Å²) in [6.07, 6.45) is 2.44. The zero-order chi connectivity index (χ0) is 19.5. The Balaban J connectivity index is 0.00000392. The van der Waals surface area contributed by atoms with Gasteiger partial charge in [-0.05, 0) is 43.9 Å². The van der Waals surface area contributed by atoms with Crippen molar-refractivity contribution in [2.45, 2.75) is 26.2 Å². The van der Waals surface area contributed by atoms with Crippen molar-refractivity contribution in [2.24, 2.45) is 10.4 Å². The first-order valence-electron chi connectivity index (χ1n) is 9.64. The number of aliphatic imine (C=N–C) groups is 1. The van der Waals surface area contributed by atoms with Gasteiger partial charge in [0.1, 0.15) is 0 Å². The summed E-state index contributed by atoms with van der Waals surface area (Å²) < 4.78 is 5.53. The van der Waals surface area contributed by atoms with Crippen LogP contribution in [0.2, 0.25) is 0 Å². The molecule has 0 saturated carbocycles. The Morgan fingerprint density at radius 3 is 2.82 bits per heavy atom. The van der Waals surface area contributed by atoms with Crippen molar-refractivity contribution in [3.63, 3.8) is 0 Å². The van der Waals surface area contributed by atoms with Crippen LogP contribution in [0.5, 0.6) is 0 Å². The molecule has 1 aromatic carbocycles. The molecule has 8 heteroatoms. The number of guanidine groups is 1. The number of hydrogen-bond acceptors (Lipinski definition) is 4. The number of aliphatic hydroxyl groups excluding tert-OH is 1. The quantitative estimate of drug-likeness (QED) is 0.233. The molecule has 0 spiro atoms. The fourth-order valence-electron chi connectivity index (χ4n) is 3.21. The van der Waals surface area contributed by atoms with Crippen LogP contribution in [-0.4, -0.2) is 63.5 Å². The Morgan fingerprint density at radius 1 is 1.36 bits per heavy atom. The minimum absolute atomic E-state index is 0. The summed E-state index contributed by atoms with van der Waals surface area (Å²) in [6, 6.07) is 7.64. The molecule has 158 valence electrons. The second-order valence-electron chi connectivity index (χ2n) is 6.93. The average molecular weight is 504 g/mol. The molecule has 1 amide bonds. The summed E-state index contributed by atoms with van der Waals surface area (Å²) in [7, 11) is 1.63. The number of halogens is 1. The Hall–Kier alpha value is -1.39. The van der Waals surface area contributed by atoms with Crippen molar-refractivity contribution < 1.29 is 14.6 Å². The van der Waals surface area contributed by atoms with Gasteiger partial charge in [0, 0.05) is 44.3 Å². The molecule has 28 heavy (non-hydrogen) atoms. The lowest BCUT2D eigenvalue weighted by molar-refractivity contribution is 0.0963. The van der Waals surface area contributed by atoms with E-state index in [1.54, 1.807) is 7.05 Å². The van der Waals surface area contributed by atoms with E-state index in [4.69, 9.17) is 9.73 Å². The van der Waals surface area contributed by atoms with Gasteiger partial charge in [-0.25, -0.2) is 0 Å². The molecule has 1 aliphatic rings. The van der Waals surface area contributed by atoms with Gasteiger partial charge in [-0.1, -0.05) is 12.1 Å². The fourth-order valence-corrected chi connectivity index (χ4v) is 3.21. The summed E-state index contributed by atoms with van der Waals surface area (Å²) in [5.74, 6) is 0.692. The van der Waals surface area contributed by atoms with E-state index in [-0.39, 0.29) is 41.9 Å². The van der Waals surface area contributed by atoms with Crippen LogP contribution in [0.4, 0.5) is 0 Å². The van der Waals surface area contributed by atoms with Crippen LogP contribution in [0.25, 0.3) is 0 Å². The number of nitrogens with zero attached hydrogens (tertiary/aromatic N) is 1. The molecule has 2 rings (SSSR count). The second kappa shape index (κ2) is 12.9. The van der Waals surface area contributed by atoms with Crippen LogP contribution < -0.4 is 16.0 Å². The first-order valence-corrected chi connectivity index (χ1v) is 9.64. The van der Waals surface area contributed by atoms with Crippen LogP contribution in [0, 0.1) is 5.41 Å². The maximum atomic E-state index is 11.7. The van der Waals surface area contributed by atoms with Crippen molar-refractivity contribution in [3.05, 3.63) is 35.4 Å². The smallest absolute Gasteiger partial charge is 0.251 e. The molecule has 0 aromatic heterocycles. The monoisotopic (exact) mass is 504 g/mol. The topological polar surface area (TPSA) is 95.0 Å². The Bertz CT molecular complexity index is 634. The zero-order valence-electron chi connectivity index (χ0n) is 16.8. The predicted molar refractivity (Wildman–Crippen MR) is 123 cm³/mol. The van der Waals surface area contributed by atoms with Gasteiger partial charge >= 0.3 is 0 Å². The van der Waals surface area contributed by atoms with Crippen LogP contribution in [0.1, 0.15) is 35.7 Å². The minimum Gasteiger partial charge on any atom is -0.396 e. The Labute approximate surface area is 184 Å². The first-order chi connectivity index (χ1) is 13.1. The third kappa shape index (κ3) is 7.56. The molecule has 1 unspecified atom stereocenters. The maximum absolute atomic E-state index is 11.7. The molecular weight excluding hydrogens is 471 g/mol. The molecule has 1 aliphatic heterocycles. The molecule has 4 N–H and O–H groups in total. The first kappa shape index (κ1) is 24.6. The van der Waals surface area contributed by atoms with E-state index in [2.05, 4.69) is 16.0 Å². The van der Waals surface area contributed by atoms with E-state index in [9.17, 15) is 9.90 Å². The standard InChI is InChI=1S/C20H32N4O3.HI/c1-3-22-19(24-14-20(8-11-25)9-12-27-15-20)23-10-7-16-5-4-6-17(13-16)18(26)21-2;/h4-6,13,25H,3,7-12,14-15H2,1-2H3,(H,21,26)(H2,22,23,24);1H. The largest absolute Gasteiger partial charge is 0.396 e. The lowest BCUT2D eigenvalue weighted by Crippen LogP contribution is -2.39. The normalized spacial score (nSPS) is 19.0. The second-order valence-corrected chi connectivity index (χ2v) is 6.93. The third-order valence-electron chi connectivity index (χ3n) is 4.87. The van der Waals surface area contributed by atoms with Gasteiger partial charge in [0.05, 0.1) is 13.2 Å². The van der Waals surface area contributed by atoms with Crippen LogP contribution in [-0.2, 0) is 11.2 Å². The van der Waals surface area contributed by atoms with Crippen LogP contribution >= 0.6 is 24.0 Å². The highest BCUT2D eigenvalue weighted by Crippen LogP contribution is 2.32. The molecule has 1 aromatic rings. The van der Waals surface area contributed by atoms with Crippen LogP contribution in [0.15, 0.2) is 29.3 Å². The number of nitrogens with one attached hydrogen (secondary N) is 3. The number of amides is 1. The molecule has 1 heterocycles. The Kier molecular flexibility index (Phi) is 11.4. The Morgan fingerprint density at radius 2 is 2.18 bits per heavy atom. The SMILES string of the molecule is CCNC(=NCC1(CCO)CCOC1)NCCc1cccc(C(=O)NC)c1.I. The predicted octanol–water partition coefficient (Wildman–Crippen LogP) is 1.55. The van der Waals surface area contributed by atoms with Gasteiger partial charge in [0.15, 0.2) is 5.96 Å². The van der Waals surface area contributed by atoms with Crippen molar-refractivity contribution >= 4 is 35.8 Å². The molecule has 0 radical (unpaired) electrons. The summed E-state index contributed by atoms with van der Waals surface area (Å²) in [5.41, 5.74) is 1.71. The summed E-state index contributed by atoms with van der Waals surface area (Å²) in [4.78, 5) is 16.5. The zero-order valence-corrected chi connectivity index (χ0v) is 19.1. The van der Waals surface area contributed by atoms with Crippen molar-refractivity contribution in [1.82, 2.24) is 16.0 Å². The van der Waals surface area contributed by atoms with E-state index in [0.29, 0.717) is 31.7 Å². The highest BCUT2D eigenvalue weighted by molar-refractivity contribution is 14.0. The summed E-state index contributed by atoms with van der Waals surface area (Å²) in [6.45, 7) is 5.71. The van der Waals surface area contributed by atoms with Gasteiger partial charge < -0.3 is 25.8 Å². The number of hydrogen-bond donors (Lipinski definition) is 4. The number of ether oxygens (including phenoxy) is 1. The fraction of sp³-hybridized carbons (Fsp3) is 0.600. The van der Waals surface area contributed by atoms with Crippen molar-refractivity contribution in [1.29, 1.82) is 0 Å². The van der Waals surface area contributed by atoms with Crippen molar-refractivity contribution in [2.75, 3.05) is 46.5 Å². The number of carbonyl (C=O) groups excluding carboxylic acids is 1. The lowest BCUT2D eigenvalue weighted by Gasteiger charge is -2.24. The summed E-state index contributed by atoms with van der Waals surface area (Å²) >= 11 is 0. The summed E-state index contributed by atoms with van der Waals surface area (Å²) in [5, 5.41) is 18.6. The highest BCUT2D eigenvalue weighted by atomic mass is 127. The van der Waals surface area contributed by atoms with E-state index in [1.165, 1.54) is 0 Å². The molecule has 1 atom stereocenters. The number of benzene rings is 1. The number of aliphatic hydroxyl groups is 1.